The van der Waals surface area contributed by atoms with E-state index in [0.29, 0.717) is 11.3 Å². The molecule has 8 aromatic rings. The Kier molecular flexibility index (Phi) is 5.11. The molecule has 2 heteroatoms. The number of rotatable bonds is 3. The molecule has 0 radical (unpaired) electrons. The zero-order valence-corrected chi connectivity index (χ0v) is 24.8. The van der Waals surface area contributed by atoms with Gasteiger partial charge in [0, 0.05) is 16.3 Å². The molecule has 0 aromatic heterocycles. The van der Waals surface area contributed by atoms with Crippen LogP contribution in [0.2, 0.25) is 0 Å². The summed E-state index contributed by atoms with van der Waals surface area (Å²) in [5.41, 5.74) is 10.5. The third kappa shape index (κ3) is 3.38. The van der Waals surface area contributed by atoms with Gasteiger partial charge in [0.2, 0.25) is 0 Å². The SMILES string of the molecule is c1ccc(-c2ccc3ccc4c(-c5ccc(N6c7ccccc7C7Sc8ccccc8C76)cc5)ccc5ccc2c3c54)cc1. The van der Waals surface area contributed by atoms with E-state index in [0.717, 1.165) is 0 Å². The van der Waals surface area contributed by atoms with Gasteiger partial charge in [-0.1, -0.05) is 127 Å². The summed E-state index contributed by atoms with van der Waals surface area (Å²) in [4.78, 5) is 3.97. The molecule has 2 atom stereocenters. The van der Waals surface area contributed by atoms with Gasteiger partial charge in [-0.15, -0.1) is 11.8 Å². The Bertz CT molecular complexity index is 2370. The minimum atomic E-state index is 0.313. The molecule has 0 saturated carbocycles. The normalized spacial score (nSPS) is 17.0. The van der Waals surface area contributed by atoms with Crippen molar-refractivity contribution in [3.8, 4) is 22.3 Å². The van der Waals surface area contributed by atoms with Gasteiger partial charge in [-0.2, -0.15) is 0 Å². The topological polar surface area (TPSA) is 3.24 Å². The standard InChI is InChI=1S/C42H27NS/c1-2-8-26(9-3-1)31-22-16-28-19-25-34-32(23-17-29-18-24-33(31)39(28)40(29)34)27-14-20-30(21-15-27)43-37-12-6-4-10-35(37)42-41(43)36-11-5-7-13-38(36)44-42/h1-25,41-42H. The van der Waals surface area contributed by atoms with Gasteiger partial charge < -0.3 is 4.90 Å². The molecule has 0 fully saturated rings. The van der Waals surface area contributed by atoms with Crippen LogP contribution in [-0.2, 0) is 0 Å². The molecule has 2 aliphatic rings. The fourth-order valence-corrected chi connectivity index (χ4v) is 9.30. The number of anilines is 2. The van der Waals surface area contributed by atoms with Crippen molar-refractivity contribution in [1.29, 1.82) is 0 Å². The van der Waals surface area contributed by atoms with Gasteiger partial charge in [-0.05, 0) is 90.0 Å². The van der Waals surface area contributed by atoms with Crippen molar-refractivity contribution in [3.63, 3.8) is 0 Å². The zero-order chi connectivity index (χ0) is 28.8. The Morgan fingerprint density at radius 1 is 0.455 bits per heavy atom. The molecule has 2 heterocycles. The number of thioether (sulfide) groups is 1. The number of hydrogen-bond acceptors (Lipinski definition) is 2. The Morgan fingerprint density at radius 3 is 1.73 bits per heavy atom. The van der Waals surface area contributed by atoms with Crippen LogP contribution in [0.1, 0.15) is 22.4 Å². The molecule has 0 saturated heterocycles. The molecule has 0 N–H and O–H groups in total. The van der Waals surface area contributed by atoms with Crippen LogP contribution in [0.3, 0.4) is 0 Å². The summed E-state index contributed by atoms with van der Waals surface area (Å²) in [6, 6.07) is 56.6. The van der Waals surface area contributed by atoms with Crippen molar-refractivity contribution in [1.82, 2.24) is 0 Å². The minimum absolute atomic E-state index is 0.313. The first-order chi connectivity index (χ1) is 21.8. The van der Waals surface area contributed by atoms with Gasteiger partial charge in [0.05, 0.1) is 11.3 Å². The second kappa shape index (κ2) is 9.22. The van der Waals surface area contributed by atoms with Crippen molar-refractivity contribution in [2.45, 2.75) is 16.2 Å². The van der Waals surface area contributed by atoms with Crippen LogP contribution in [0.4, 0.5) is 11.4 Å². The zero-order valence-electron chi connectivity index (χ0n) is 23.9. The first-order valence-electron chi connectivity index (χ1n) is 15.3. The molecular formula is C42H27NS. The van der Waals surface area contributed by atoms with E-state index in [9.17, 15) is 0 Å². The second-order valence-electron chi connectivity index (χ2n) is 12.0. The number of nitrogens with zero attached hydrogens (tertiary/aromatic N) is 1. The van der Waals surface area contributed by atoms with E-state index in [4.69, 9.17) is 0 Å². The Morgan fingerprint density at radius 2 is 1.02 bits per heavy atom. The lowest BCUT2D eigenvalue weighted by Gasteiger charge is -2.28. The van der Waals surface area contributed by atoms with Crippen LogP contribution < -0.4 is 4.90 Å². The first-order valence-corrected chi connectivity index (χ1v) is 16.2. The largest absolute Gasteiger partial charge is 0.332 e. The molecule has 2 aliphatic heterocycles. The summed E-state index contributed by atoms with van der Waals surface area (Å²) in [6.45, 7) is 0. The third-order valence-electron chi connectivity index (χ3n) is 9.77. The van der Waals surface area contributed by atoms with E-state index in [-0.39, 0.29) is 0 Å². The average molecular weight is 578 g/mol. The number of para-hydroxylation sites is 1. The van der Waals surface area contributed by atoms with Crippen molar-refractivity contribution >= 4 is 55.5 Å². The maximum atomic E-state index is 2.57. The summed E-state index contributed by atoms with van der Waals surface area (Å²) < 4.78 is 0. The smallest absolute Gasteiger partial charge is 0.0766 e. The van der Waals surface area contributed by atoms with E-state index in [2.05, 4.69) is 157 Å². The number of benzene rings is 8. The molecule has 0 bridgehead atoms. The Labute approximate surface area is 260 Å². The maximum Gasteiger partial charge on any atom is 0.0766 e. The van der Waals surface area contributed by atoms with Gasteiger partial charge >= 0.3 is 0 Å². The minimum Gasteiger partial charge on any atom is -0.332 e. The molecule has 10 rings (SSSR count). The Hall–Kier alpha value is -5.05. The number of hydrogen-bond donors (Lipinski definition) is 0. The van der Waals surface area contributed by atoms with Crippen LogP contribution in [0.5, 0.6) is 0 Å². The fraction of sp³-hybridized carbons (Fsp3) is 0.0476. The predicted octanol–water partition coefficient (Wildman–Crippen LogP) is 12.0. The molecule has 1 nitrogen and oxygen atoms in total. The van der Waals surface area contributed by atoms with Crippen LogP contribution in [0, 0.1) is 0 Å². The quantitative estimate of drug-likeness (QED) is 0.192. The van der Waals surface area contributed by atoms with Crippen LogP contribution >= 0.6 is 11.8 Å². The molecule has 2 unspecified atom stereocenters. The lowest BCUT2D eigenvalue weighted by Crippen LogP contribution is -2.19. The first kappa shape index (κ1) is 24.4. The van der Waals surface area contributed by atoms with Crippen LogP contribution in [0.15, 0.2) is 157 Å². The van der Waals surface area contributed by atoms with Crippen molar-refractivity contribution < 1.29 is 0 Å². The van der Waals surface area contributed by atoms with E-state index in [1.807, 2.05) is 11.8 Å². The molecule has 8 aromatic carbocycles. The molecule has 0 aliphatic carbocycles. The summed E-state index contributed by atoms with van der Waals surface area (Å²) in [7, 11) is 0. The lowest BCUT2D eigenvalue weighted by atomic mass is 9.87. The van der Waals surface area contributed by atoms with Crippen LogP contribution in [0.25, 0.3) is 54.6 Å². The fourth-order valence-electron chi connectivity index (χ4n) is 7.83. The van der Waals surface area contributed by atoms with Crippen LogP contribution in [-0.4, -0.2) is 0 Å². The molecule has 206 valence electrons. The second-order valence-corrected chi connectivity index (χ2v) is 13.2. The van der Waals surface area contributed by atoms with Crippen molar-refractivity contribution in [3.05, 3.63) is 163 Å². The average Bonchev–Trinajstić information content (AvgIpc) is 3.62. The molecule has 44 heavy (non-hydrogen) atoms. The van der Waals surface area contributed by atoms with Gasteiger partial charge in [0.1, 0.15) is 0 Å². The van der Waals surface area contributed by atoms with Gasteiger partial charge in [-0.25, -0.2) is 0 Å². The summed E-state index contributed by atoms with van der Waals surface area (Å²) in [5, 5.41) is 8.35. The van der Waals surface area contributed by atoms with E-state index in [1.165, 1.54) is 82.0 Å². The highest BCUT2D eigenvalue weighted by Gasteiger charge is 2.45. The van der Waals surface area contributed by atoms with Gasteiger partial charge in [0.25, 0.3) is 0 Å². The monoisotopic (exact) mass is 577 g/mol. The summed E-state index contributed by atoms with van der Waals surface area (Å²) >= 11 is 2.01. The molecule has 0 spiro atoms. The van der Waals surface area contributed by atoms with E-state index >= 15 is 0 Å². The van der Waals surface area contributed by atoms with E-state index in [1.54, 1.807) is 0 Å². The van der Waals surface area contributed by atoms with Gasteiger partial charge in [-0.3, -0.25) is 0 Å². The summed E-state index contributed by atoms with van der Waals surface area (Å²) in [6.07, 6.45) is 0. The van der Waals surface area contributed by atoms with Crippen molar-refractivity contribution in [2.24, 2.45) is 0 Å². The molecular weight excluding hydrogens is 551 g/mol. The van der Waals surface area contributed by atoms with Crippen molar-refractivity contribution in [2.75, 3.05) is 4.90 Å². The highest BCUT2D eigenvalue weighted by atomic mass is 32.2. The summed E-state index contributed by atoms with van der Waals surface area (Å²) in [5.74, 6) is 0. The van der Waals surface area contributed by atoms with Gasteiger partial charge in [0.15, 0.2) is 0 Å². The highest BCUT2D eigenvalue weighted by Crippen LogP contribution is 2.64. The molecule has 0 amide bonds. The predicted molar refractivity (Wildman–Crippen MR) is 187 cm³/mol. The maximum absolute atomic E-state index is 2.57. The third-order valence-corrected chi connectivity index (χ3v) is 11.2. The highest BCUT2D eigenvalue weighted by molar-refractivity contribution is 8.00. The number of fused-ring (bicyclic) bond motifs is 5. The Balaban J connectivity index is 1.11. The van der Waals surface area contributed by atoms with E-state index < -0.39 is 0 Å². The lowest BCUT2D eigenvalue weighted by molar-refractivity contribution is 0.737.